The van der Waals surface area contributed by atoms with Crippen molar-refractivity contribution in [3.8, 4) is 0 Å². The van der Waals surface area contributed by atoms with Crippen LogP contribution in [0.3, 0.4) is 0 Å². The summed E-state index contributed by atoms with van der Waals surface area (Å²) >= 11 is 0. The Balaban J connectivity index is 1.67. The molecule has 1 saturated carbocycles. The number of carbonyl (C=O) groups excluding carboxylic acids is 1. The molecular weight excluding hydrogens is 350 g/mol. The van der Waals surface area contributed by atoms with Crippen LogP contribution in [0.15, 0.2) is 53.3 Å². The third-order valence-electron chi connectivity index (χ3n) is 6.00. The summed E-state index contributed by atoms with van der Waals surface area (Å²) < 4.78 is 1.94. The highest BCUT2D eigenvalue weighted by atomic mass is 16.2. The number of hydrogen-bond donors (Lipinski definition) is 2. The Morgan fingerprint density at radius 2 is 1.57 bits per heavy atom. The minimum atomic E-state index is -0.0556. The number of nitrogens with one attached hydrogen (secondary N) is 1. The number of nitrogens with zero attached hydrogens (tertiary/aromatic N) is 1. The predicted molar refractivity (Wildman–Crippen MR) is 113 cm³/mol. The SMILES string of the molecule is NCC(NC(=O)Cn1c2ccccc2c(=O)c2ccccc21)C1CCCCC1. The van der Waals surface area contributed by atoms with E-state index < -0.39 is 0 Å². The van der Waals surface area contributed by atoms with Crippen LogP contribution in [0.25, 0.3) is 21.8 Å². The molecule has 1 aliphatic rings. The minimum absolute atomic E-state index is 0.00454. The molecule has 1 amide bonds. The van der Waals surface area contributed by atoms with E-state index in [2.05, 4.69) is 5.32 Å². The quantitative estimate of drug-likeness (QED) is 0.671. The van der Waals surface area contributed by atoms with E-state index in [1.54, 1.807) is 0 Å². The summed E-state index contributed by atoms with van der Waals surface area (Å²) in [6.45, 7) is 0.632. The second kappa shape index (κ2) is 8.15. The summed E-state index contributed by atoms with van der Waals surface area (Å²) in [5.41, 5.74) is 7.55. The van der Waals surface area contributed by atoms with Crippen LogP contribution >= 0.6 is 0 Å². The first-order valence-electron chi connectivity index (χ1n) is 10.2. The molecule has 5 nitrogen and oxygen atoms in total. The van der Waals surface area contributed by atoms with E-state index >= 15 is 0 Å². The summed E-state index contributed by atoms with van der Waals surface area (Å²) in [5, 5.41) is 4.44. The van der Waals surface area contributed by atoms with Gasteiger partial charge in [-0.05, 0) is 43.0 Å². The maximum absolute atomic E-state index is 12.9. The summed E-state index contributed by atoms with van der Waals surface area (Å²) in [7, 11) is 0. The number of benzene rings is 2. The fourth-order valence-electron chi connectivity index (χ4n) is 4.55. The van der Waals surface area contributed by atoms with Crippen LogP contribution in [0, 0.1) is 5.92 Å². The molecule has 0 spiro atoms. The summed E-state index contributed by atoms with van der Waals surface area (Å²) in [5.74, 6) is 0.408. The number of aromatic nitrogens is 1. The third kappa shape index (κ3) is 3.54. The summed E-state index contributed by atoms with van der Waals surface area (Å²) in [6.07, 6.45) is 5.97. The number of hydrogen-bond acceptors (Lipinski definition) is 3. The largest absolute Gasteiger partial charge is 0.350 e. The molecule has 1 aromatic heterocycles. The molecule has 1 atom stereocenters. The predicted octanol–water partition coefficient (Wildman–Crippen LogP) is 3.18. The third-order valence-corrected chi connectivity index (χ3v) is 6.00. The zero-order valence-electron chi connectivity index (χ0n) is 16.1. The Morgan fingerprint density at radius 1 is 1.00 bits per heavy atom. The molecule has 1 heterocycles. The smallest absolute Gasteiger partial charge is 0.240 e. The normalized spacial score (nSPS) is 16.3. The highest BCUT2D eigenvalue weighted by molar-refractivity contribution is 5.94. The van der Waals surface area contributed by atoms with Crippen LogP contribution in [0.4, 0.5) is 0 Å². The number of rotatable bonds is 5. The Hall–Kier alpha value is -2.66. The van der Waals surface area contributed by atoms with Gasteiger partial charge in [-0.3, -0.25) is 9.59 Å². The van der Waals surface area contributed by atoms with Crippen LogP contribution in [-0.4, -0.2) is 23.1 Å². The number of pyridine rings is 1. The lowest BCUT2D eigenvalue weighted by Gasteiger charge is -2.30. The van der Waals surface area contributed by atoms with E-state index in [1.165, 1.54) is 19.3 Å². The van der Waals surface area contributed by atoms with Gasteiger partial charge in [0.1, 0.15) is 6.54 Å². The first kappa shape index (κ1) is 18.7. The number of para-hydroxylation sites is 2. The van der Waals surface area contributed by atoms with Crippen LogP contribution in [0.2, 0.25) is 0 Å². The zero-order chi connectivity index (χ0) is 19.5. The Kier molecular flexibility index (Phi) is 5.44. The summed E-state index contributed by atoms with van der Waals surface area (Å²) in [4.78, 5) is 25.8. The number of nitrogens with two attached hydrogens (primary N) is 1. The molecule has 3 aromatic rings. The van der Waals surface area contributed by atoms with Gasteiger partial charge in [-0.25, -0.2) is 0 Å². The second-order valence-electron chi connectivity index (χ2n) is 7.76. The van der Waals surface area contributed by atoms with Crippen molar-refractivity contribution in [2.45, 2.75) is 44.7 Å². The molecule has 2 aromatic carbocycles. The van der Waals surface area contributed by atoms with Crippen LogP contribution in [0.1, 0.15) is 32.1 Å². The van der Waals surface area contributed by atoms with E-state index in [1.807, 2.05) is 53.1 Å². The van der Waals surface area contributed by atoms with Gasteiger partial charge in [0.15, 0.2) is 5.43 Å². The number of amides is 1. The van der Waals surface area contributed by atoms with Gasteiger partial charge >= 0.3 is 0 Å². The van der Waals surface area contributed by atoms with Gasteiger partial charge < -0.3 is 15.6 Å². The van der Waals surface area contributed by atoms with Crippen molar-refractivity contribution in [3.63, 3.8) is 0 Å². The van der Waals surface area contributed by atoms with Crippen molar-refractivity contribution in [2.75, 3.05) is 6.54 Å². The maximum atomic E-state index is 12.9. The fraction of sp³-hybridized carbons (Fsp3) is 0.391. The number of fused-ring (bicyclic) bond motifs is 2. The van der Waals surface area contributed by atoms with Crippen LogP contribution in [-0.2, 0) is 11.3 Å². The molecule has 0 aliphatic heterocycles. The minimum Gasteiger partial charge on any atom is -0.350 e. The average molecular weight is 377 g/mol. The van der Waals surface area contributed by atoms with Gasteiger partial charge in [0.2, 0.25) is 5.91 Å². The van der Waals surface area contributed by atoms with E-state index in [4.69, 9.17) is 5.73 Å². The molecule has 0 saturated heterocycles. The molecule has 1 aliphatic carbocycles. The Labute approximate surface area is 164 Å². The molecule has 0 bridgehead atoms. The molecule has 146 valence electrons. The molecule has 4 rings (SSSR count). The van der Waals surface area contributed by atoms with Gasteiger partial charge in [0, 0.05) is 23.4 Å². The van der Waals surface area contributed by atoms with Crippen LogP contribution < -0.4 is 16.5 Å². The average Bonchev–Trinajstić information content (AvgIpc) is 2.75. The lowest BCUT2D eigenvalue weighted by Crippen LogP contribution is -2.47. The molecule has 3 N–H and O–H groups in total. The highest BCUT2D eigenvalue weighted by Crippen LogP contribution is 2.26. The summed E-state index contributed by atoms with van der Waals surface area (Å²) in [6, 6.07) is 15.0. The van der Waals surface area contributed by atoms with Crippen molar-refractivity contribution in [2.24, 2.45) is 11.7 Å². The van der Waals surface area contributed by atoms with Crippen molar-refractivity contribution in [1.29, 1.82) is 0 Å². The van der Waals surface area contributed by atoms with Gasteiger partial charge in [-0.1, -0.05) is 43.5 Å². The maximum Gasteiger partial charge on any atom is 0.240 e. The van der Waals surface area contributed by atoms with Crippen molar-refractivity contribution >= 4 is 27.7 Å². The van der Waals surface area contributed by atoms with Gasteiger partial charge in [-0.15, -0.1) is 0 Å². The number of carbonyl (C=O) groups is 1. The zero-order valence-corrected chi connectivity index (χ0v) is 16.1. The first-order chi connectivity index (χ1) is 13.7. The molecule has 1 fully saturated rings. The lowest BCUT2D eigenvalue weighted by atomic mass is 9.84. The van der Waals surface area contributed by atoms with E-state index in [0.717, 1.165) is 23.9 Å². The first-order valence-corrected chi connectivity index (χ1v) is 10.2. The molecule has 5 heteroatoms. The second-order valence-corrected chi connectivity index (χ2v) is 7.76. The Bertz CT molecular complexity index is 991. The molecular formula is C23H27N3O2. The van der Waals surface area contributed by atoms with Crippen molar-refractivity contribution < 1.29 is 4.79 Å². The highest BCUT2D eigenvalue weighted by Gasteiger charge is 2.24. The fourth-order valence-corrected chi connectivity index (χ4v) is 4.55. The monoisotopic (exact) mass is 377 g/mol. The van der Waals surface area contributed by atoms with Crippen molar-refractivity contribution in [3.05, 3.63) is 58.8 Å². The van der Waals surface area contributed by atoms with Crippen LogP contribution in [0.5, 0.6) is 0 Å². The molecule has 1 unspecified atom stereocenters. The molecule has 28 heavy (non-hydrogen) atoms. The van der Waals surface area contributed by atoms with E-state index in [0.29, 0.717) is 23.2 Å². The van der Waals surface area contributed by atoms with Gasteiger partial charge in [0.25, 0.3) is 0 Å². The molecule has 0 radical (unpaired) electrons. The van der Waals surface area contributed by atoms with E-state index in [-0.39, 0.29) is 23.9 Å². The standard InChI is InChI=1S/C23H27N3O2/c24-14-19(16-8-2-1-3-9-16)25-22(27)15-26-20-12-6-4-10-17(20)23(28)18-11-5-7-13-21(18)26/h4-7,10-13,16,19H,1-3,8-9,14-15,24H2,(H,25,27). The van der Waals surface area contributed by atoms with Gasteiger partial charge in [-0.2, -0.15) is 0 Å². The Morgan fingerprint density at radius 3 is 2.14 bits per heavy atom. The van der Waals surface area contributed by atoms with Gasteiger partial charge in [0.05, 0.1) is 11.0 Å². The lowest BCUT2D eigenvalue weighted by molar-refractivity contribution is -0.122. The van der Waals surface area contributed by atoms with E-state index in [9.17, 15) is 9.59 Å². The topological polar surface area (TPSA) is 77.1 Å². The van der Waals surface area contributed by atoms with Crippen molar-refractivity contribution in [1.82, 2.24) is 9.88 Å².